The average molecular weight is 379 g/mol. The Bertz CT molecular complexity index is 733. The van der Waals surface area contributed by atoms with Crippen LogP contribution < -0.4 is 10.2 Å². The SMILES string of the molecule is COCCc1nsc(N2CCN(CC(=O)Nc3ccccc3F)CC2)n1. The lowest BCUT2D eigenvalue weighted by atomic mass is 10.3. The fourth-order valence-corrected chi connectivity index (χ4v) is 3.48. The summed E-state index contributed by atoms with van der Waals surface area (Å²) >= 11 is 1.39. The number of halogens is 1. The second-order valence-corrected chi connectivity index (χ2v) is 6.76. The minimum absolute atomic E-state index is 0.207. The first-order valence-electron chi connectivity index (χ1n) is 8.49. The number of benzene rings is 1. The van der Waals surface area contributed by atoms with E-state index in [1.54, 1.807) is 25.3 Å². The van der Waals surface area contributed by atoms with Crippen LogP contribution in [0.4, 0.5) is 15.2 Å². The van der Waals surface area contributed by atoms with Gasteiger partial charge in [-0.05, 0) is 12.1 Å². The minimum atomic E-state index is -0.425. The number of nitrogens with one attached hydrogen (secondary N) is 1. The van der Waals surface area contributed by atoms with Crippen molar-refractivity contribution in [2.45, 2.75) is 6.42 Å². The van der Waals surface area contributed by atoms with Gasteiger partial charge in [0, 0.05) is 51.2 Å². The largest absolute Gasteiger partial charge is 0.384 e. The van der Waals surface area contributed by atoms with E-state index in [0.717, 1.165) is 37.1 Å². The van der Waals surface area contributed by atoms with Crippen molar-refractivity contribution in [3.63, 3.8) is 0 Å². The third-order valence-corrected chi connectivity index (χ3v) is 4.96. The maximum absolute atomic E-state index is 13.6. The van der Waals surface area contributed by atoms with Gasteiger partial charge in [-0.1, -0.05) is 12.1 Å². The number of aromatic nitrogens is 2. The summed E-state index contributed by atoms with van der Waals surface area (Å²) in [5.41, 5.74) is 0.216. The van der Waals surface area contributed by atoms with Gasteiger partial charge in [-0.2, -0.15) is 4.37 Å². The van der Waals surface area contributed by atoms with Crippen molar-refractivity contribution in [2.24, 2.45) is 0 Å². The van der Waals surface area contributed by atoms with Gasteiger partial charge < -0.3 is 15.0 Å². The summed E-state index contributed by atoms with van der Waals surface area (Å²) in [6, 6.07) is 6.18. The maximum atomic E-state index is 13.6. The summed E-state index contributed by atoms with van der Waals surface area (Å²) in [6.07, 6.45) is 0.711. The molecule has 2 aromatic rings. The van der Waals surface area contributed by atoms with E-state index in [0.29, 0.717) is 13.0 Å². The normalized spacial score (nSPS) is 15.2. The zero-order valence-electron chi connectivity index (χ0n) is 14.7. The van der Waals surface area contributed by atoms with Crippen molar-refractivity contribution < 1.29 is 13.9 Å². The van der Waals surface area contributed by atoms with Gasteiger partial charge in [0.2, 0.25) is 11.0 Å². The quantitative estimate of drug-likeness (QED) is 0.789. The van der Waals surface area contributed by atoms with Crippen LogP contribution in [-0.2, 0) is 16.0 Å². The molecule has 1 aromatic heterocycles. The van der Waals surface area contributed by atoms with Gasteiger partial charge in [0.15, 0.2) is 0 Å². The molecule has 0 saturated carbocycles. The molecule has 0 radical (unpaired) electrons. The second kappa shape index (κ2) is 9.02. The Balaban J connectivity index is 1.45. The topological polar surface area (TPSA) is 70.6 Å². The van der Waals surface area contributed by atoms with Crippen LogP contribution in [-0.4, -0.2) is 66.6 Å². The van der Waals surface area contributed by atoms with Crippen LogP contribution in [0.5, 0.6) is 0 Å². The summed E-state index contributed by atoms with van der Waals surface area (Å²) in [7, 11) is 1.66. The molecule has 140 valence electrons. The molecule has 0 unspecified atom stereocenters. The number of ether oxygens (including phenoxy) is 1. The maximum Gasteiger partial charge on any atom is 0.238 e. The van der Waals surface area contributed by atoms with Crippen molar-refractivity contribution in [3.8, 4) is 0 Å². The number of para-hydroxylation sites is 1. The van der Waals surface area contributed by atoms with Crippen LogP contribution in [0, 0.1) is 5.82 Å². The molecule has 1 saturated heterocycles. The number of methoxy groups -OCH3 is 1. The second-order valence-electron chi connectivity index (χ2n) is 6.03. The molecule has 0 aliphatic carbocycles. The first-order chi connectivity index (χ1) is 12.7. The van der Waals surface area contributed by atoms with E-state index in [1.807, 2.05) is 0 Å². The Morgan fingerprint density at radius 1 is 1.31 bits per heavy atom. The molecule has 1 amide bonds. The molecular weight excluding hydrogens is 357 g/mol. The third-order valence-electron chi connectivity index (χ3n) is 4.15. The fraction of sp³-hybridized carbons (Fsp3) is 0.471. The van der Waals surface area contributed by atoms with Gasteiger partial charge >= 0.3 is 0 Å². The highest BCUT2D eigenvalue weighted by molar-refractivity contribution is 7.09. The zero-order chi connectivity index (χ0) is 18.4. The van der Waals surface area contributed by atoms with Crippen LogP contribution in [0.15, 0.2) is 24.3 Å². The number of carbonyl (C=O) groups excluding carboxylic acids is 1. The number of nitrogens with zero attached hydrogens (tertiary/aromatic N) is 4. The molecule has 1 aliphatic heterocycles. The van der Waals surface area contributed by atoms with E-state index in [4.69, 9.17) is 4.74 Å². The molecule has 9 heteroatoms. The van der Waals surface area contributed by atoms with E-state index in [2.05, 4.69) is 24.5 Å². The number of carbonyl (C=O) groups is 1. The van der Waals surface area contributed by atoms with Gasteiger partial charge in [0.1, 0.15) is 11.6 Å². The highest BCUT2D eigenvalue weighted by atomic mass is 32.1. The molecule has 3 rings (SSSR count). The molecule has 26 heavy (non-hydrogen) atoms. The summed E-state index contributed by atoms with van der Waals surface area (Å²) in [4.78, 5) is 20.9. The highest BCUT2D eigenvalue weighted by Crippen LogP contribution is 2.19. The van der Waals surface area contributed by atoms with Gasteiger partial charge in [0.05, 0.1) is 18.8 Å². The standard InChI is InChI=1S/C17H22FN5O2S/c1-25-11-6-15-20-17(26-21-15)23-9-7-22(8-10-23)12-16(24)19-14-5-3-2-4-13(14)18/h2-5H,6-12H2,1H3,(H,19,24). The van der Waals surface area contributed by atoms with E-state index in [-0.39, 0.29) is 18.1 Å². The molecule has 1 aromatic carbocycles. The molecule has 1 N–H and O–H groups in total. The lowest BCUT2D eigenvalue weighted by molar-refractivity contribution is -0.117. The van der Waals surface area contributed by atoms with Crippen LogP contribution in [0.2, 0.25) is 0 Å². The van der Waals surface area contributed by atoms with Crippen LogP contribution in [0.3, 0.4) is 0 Å². The summed E-state index contributed by atoms with van der Waals surface area (Å²) in [5.74, 6) is 0.172. The van der Waals surface area contributed by atoms with Crippen LogP contribution in [0.1, 0.15) is 5.82 Å². The van der Waals surface area contributed by atoms with E-state index in [9.17, 15) is 9.18 Å². The van der Waals surface area contributed by atoms with E-state index < -0.39 is 5.82 Å². The Labute approximate surface area is 155 Å². The fourth-order valence-electron chi connectivity index (χ4n) is 2.72. The van der Waals surface area contributed by atoms with Crippen LogP contribution >= 0.6 is 11.5 Å². The monoisotopic (exact) mass is 379 g/mol. The van der Waals surface area contributed by atoms with Crippen LogP contribution in [0.25, 0.3) is 0 Å². The van der Waals surface area contributed by atoms with Crippen molar-refractivity contribution in [2.75, 3.05) is 56.7 Å². The molecule has 0 spiro atoms. The zero-order valence-corrected chi connectivity index (χ0v) is 15.5. The predicted molar refractivity (Wildman–Crippen MR) is 99.2 cm³/mol. The molecule has 1 fully saturated rings. The highest BCUT2D eigenvalue weighted by Gasteiger charge is 2.21. The van der Waals surface area contributed by atoms with Gasteiger partial charge in [-0.25, -0.2) is 9.37 Å². The number of hydrogen-bond donors (Lipinski definition) is 1. The Morgan fingerprint density at radius 3 is 2.81 bits per heavy atom. The lowest BCUT2D eigenvalue weighted by Gasteiger charge is -2.33. The van der Waals surface area contributed by atoms with Gasteiger partial charge in [0.25, 0.3) is 0 Å². The number of piperazine rings is 1. The summed E-state index contributed by atoms with van der Waals surface area (Å²) in [5, 5.41) is 3.53. The molecule has 0 atom stereocenters. The molecule has 2 heterocycles. The third kappa shape index (κ3) is 4.96. The molecule has 7 nitrogen and oxygen atoms in total. The molecule has 0 bridgehead atoms. The summed E-state index contributed by atoms with van der Waals surface area (Å²) < 4.78 is 23.0. The van der Waals surface area contributed by atoms with E-state index >= 15 is 0 Å². The number of amides is 1. The number of hydrogen-bond acceptors (Lipinski definition) is 7. The summed E-state index contributed by atoms with van der Waals surface area (Å²) in [6.45, 7) is 3.92. The smallest absolute Gasteiger partial charge is 0.238 e. The first-order valence-corrected chi connectivity index (χ1v) is 9.26. The first kappa shape index (κ1) is 18.7. The molecule has 1 aliphatic rings. The van der Waals surface area contributed by atoms with E-state index in [1.165, 1.54) is 17.6 Å². The Hall–Kier alpha value is -2.10. The lowest BCUT2D eigenvalue weighted by Crippen LogP contribution is -2.48. The van der Waals surface area contributed by atoms with Crippen molar-refractivity contribution in [1.82, 2.24) is 14.3 Å². The Morgan fingerprint density at radius 2 is 2.08 bits per heavy atom. The van der Waals surface area contributed by atoms with Crippen molar-refractivity contribution in [3.05, 3.63) is 35.9 Å². The van der Waals surface area contributed by atoms with Gasteiger partial charge in [-0.15, -0.1) is 0 Å². The van der Waals surface area contributed by atoms with Crippen molar-refractivity contribution in [1.29, 1.82) is 0 Å². The number of rotatable bonds is 7. The van der Waals surface area contributed by atoms with Crippen molar-refractivity contribution >= 4 is 28.3 Å². The average Bonchev–Trinajstić information content (AvgIpc) is 3.11. The number of anilines is 2. The van der Waals surface area contributed by atoms with Gasteiger partial charge in [-0.3, -0.25) is 9.69 Å². The Kier molecular flexibility index (Phi) is 6.48. The predicted octanol–water partition coefficient (Wildman–Crippen LogP) is 1.63. The minimum Gasteiger partial charge on any atom is -0.384 e. The molecular formula is C17H22FN5O2S.